The normalized spacial score (nSPS) is 22.2. The van der Waals surface area contributed by atoms with Gasteiger partial charge >= 0.3 is 35.9 Å². The first-order chi connectivity index (χ1) is 32.2. The lowest BCUT2D eigenvalue weighted by molar-refractivity contribution is -0.179. The molecule has 67 heavy (non-hydrogen) atoms. The third kappa shape index (κ3) is 8.57. The van der Waals surface area contributed by atoms with Crippen LogP contribution in [-0.2, 0) is 53.1 Å². The predicted octanol–water partition coefficient (Wildman–Crippen LogP) is 4.42. The molecule has 4 aromatic carbocycles. The standard InChI is InChI=1S/C50H49N3O14/c1-28(2)38(46(59)65-5)51-49(62)52-36-23-22-29(14-12-21-34(44(57)63-3)45(58)64-4)26-35(36)50(48(52)61)37(43(55)56)40-47(60)67-41(31-17-10-7-11-18-31)39(30-15-8-6-9-16-30)53(40)42(50)32-19-13-20-33(27-32)66-25-24-54/h6-11,13,15-20,22-23,26-28,34,37-42,54H,21,24-25H2,1-5H3,(H,51,62)(H,55,56)/t37-,38+,39-,40-,41+,42+,50-/m1/s1. The maximum Gasteiger partial charge on any atom is 0.329 e. The van der Waals surface area contributed by atoms with Crippen molar-refractivity contribution < 1.29 is 67.5 Å². The molecule has 0 aromatic heterocycles. The summed E-state index contributed by atoms with van der Waals surface area (Å²) < 4.78 is 26.7. The number of fused-ring (bicyclic) bond motifs is 3. The monoisotopic (exact) mass is 915 g/mol. The van der Waals surface area contributed by atoms with Crippen molar-refractivity contribution in [2.45, 2.75) is 56.0 Å². The van der Waals surface area contributed by atoms with Gasteiger partial charge in [0, 0.05) is 12.0 Å². The molecule has 17 heteroatoms. The molecule has 3 N–H and O–H groups in total. The Labute approximate surface area is 385 Å². The molecule has 3 aliphatic rings. The van der Waals surface area contributed by atoms with E-state index >= 15 is 4.79 Å². The van der Waals surface area contributed by atoms with Crippen LogP contribution in [0.3, 0.4) is 0 Å². The number of carboxylic acids is 1. The molecule has 1 spiro atoms. The summed E-state index contributed by atoms with van der Waals surface area (Å²) in [4.78, 5) is 101. The van der Waals surface area contributed by atoms with Gasteiger partial charge in [0.2, 0.25) is 5.91 Å². The number of urea groups is 1. The van der Waals surface area contributed by atoms with Gasteiger partial charge in [0.15, 0.2) is 5.92 Å². The smallest absolute Gasteiger partial charge is 0.329 e. The van der Waals surface area contributed by atoms with E-state index in [4.69, 9.17) is 23.7 Å². The molecular weight excluding hydrogens is 867 g/mol. The van der Waals surface area contributed by atoms with Gasteiger partial charge in [0.1, 0.15) is 41.9 Å². The number of nitrogens with zero attached hydrogens (tertiary/aromatic N) is 2. The van der Waals surface area contributed by atoms with Crippen molar-refractivity contribution in [3.05, 3.63) is 131 Å². The number of aliphatic hydroxyl groups excluding tert-OH is 1. The van der Waals surface area contributed by atoms with Gasteiger partial charge in [-0.1, -0.05) is 98.5 Å². The van der Waals surface area contributed by atoms with Crippen LogP contribution in [0.2, 0.25) is 0 Å². The van der Waals surface area contributed by atoms with Gasteiger partial charge in [-0.2, -0.15) is 0 Å². The molecule has 4 aromatic rings. The first-order valence-electron chi connectivity index (χ1n) is 21.4. The van der Waals surface area contributed by atoms with E-state index in [1.165, 1.54) is 18.2 Å². The topological polar surface area (TPSA) is 225 Å². The molecule has 0 aliphatic carbocycles. The number of amides is 3. The third-order valence-electron chi connectivity index (χ3n) is 12.4. The minimum Gasteiger partial charge on any atom is -0.491 e. The van der Waals surface area contributed by atoms with Crippen LogP contribution in [-0.4, -0.2) is 104 Å². The maximum absolute atomic E-state index is 16.2. The molecule has 0 unspecified atom stereocenters. The number of morpholine rings is 1. The molecule has 0 radical (unpaired) electrons. The molecular formula is C50H49N3O14. The number of ether oxygens (including phenoxy) is 5. The number of rotatable bonds is 13. The Morgan fingerprint density at radius 1 is 0.791 bits per heavy atom. The van der Waals surface area contributed by atoms with Crippen LogP contribution in [0.5, 0.6) is 5.75 Å². The lowest BCUT2D eigenvalue weighted by Gasteiger charge is -2.46. The quantitative estimate of drug-likeness (QED) is 0.0731. The summed E-state index contributed by atoms with van der Waals surface area (Å²) in [5.41, 5.74) is -0.794. The Kier molecular flexibility index (Phi) is 14.1. The van der Waals surface area contributed by atoms with Crippen LogP contribution in [0.4, 0.5) is 10.5 Å². The Morgan fingerprint density at radius 2 is 1.42 bits per heavy atom. The summed E-state index contributed by atoms with van der Waals surface area (Å²) >= 11 is 0. The number of carbonyl (C=O) groups is 7. The van der Waals surface area contributed by atoms with Crippen molar-refractivity contribution in [3.8, 4) is 17.6 Å². The Morgan fingerprint density at radius 3 is 2.01 bits per heavy atom. The van der Waals surface area contributed by atoms with E-state index in [9.17, 15) is 39.0 Å². The Hall–Kier alpha value is -7.55. The molecule has 2 fully saturated rings. The van der Waals surface area contributed by atoms with E-state index in [0.29, 0.717) is 16.7 Å². The molecule has 3 heterocycles. The van der Waals surface area contributed by atoms with Crippen LogP contribution in [0.15, 0.2) is 103 Å². The van der Waals surface area contributed by atoms with Gasteiger partial charge in [0.05, 0.1) is 45.7 Å². The predicted molar refractivity (Wildman–Crippen MR) is 237 cm³/mol. The highest BCUT2D eigenvalue weighted by Crippen LogP contribution is 2.66. The number of imide groups is 1. The Balaban J connectivity index is 1.55. The second kappa shape index (κ2) is 19.9. The number of cyclic esters (lactones) is 1. The fraction of sp³-hybridized carbons (Fsp3) is 0.340. The van der Waals surface area contributed by atoms with Crippen LogP contribution in [0.1, 0.15) is 66.3 Å². The molecule has 2 saturated heterocycles. The van der Waals surface area contributed by atoms with Crippen molar-refractivity contribution in [1.82, 2.24) is 10.2 Å². The van der Waals surface area contributed by atoms with Crippen LogP contribution < -0.4 is 15.0 Å². The van der Waals surface area contributed by atoms with Crippen molar-refractivity contribution in [3.63, 3.8) is 0 Å². The zero-order valence-corrected chi connectivity index (χ0v) is 37.2. The second-order valence-electron chi connectivity index (χ2n) is 16.4. The number of aliphatic hydroxyl groups is 1. The Bertz CT molecular complexity index is 2610. The third-order valence-corrected chi connectivity index (χ3v) is 12.4. The van der Waals surface area contributed by atoms with Crippen molar-refractivity contribution in [2.75, 3.05) is 39.4 Å². The first-order valence-corrected chi connectivity index (χ1v) is 21.4. The van der Waals surface area contributed by atoms with Gasteiger partial charge in [-0.25, -0.2) is 14.5 Å². The number of methoxy groups -OCH3 is 3. The maximum atomic E-state index is 16.2. The minimum absolute atomic E-state index is 0.0135. The zero-order chi connectivity index (χ0) is 48.2. The van der Waals surface area contributed by atoms with E-state index in [1.807, 2.05) is 12.1 Å². The van der Waals surface area contributed by atoms with Crippen molar-refractivity contribution in [2.24, 2.45) is 17.8 Å². The molecule has 348 valence electrons. The average molecular weight is 916 g/mol. The largest absolute Gasteiger partial charge is 0.491 e. The summed E-state index contributed by atoms with van der Waals surface area (Å²) in [6.07, 6.45) is -1.40. The number of aliphatic carboxylic acids is 1. The van der Waals surface area contributed by atoms with Crippen molar-refractivity contribution >= 4 is 47.5 Å². The lowest BCUT2D eigenvalue weighted by atomic mass is 9.65. The summed E-state index contributed by atoms with van der Waals surface area (Å²) in [7, 11) is 3.37. The number of nitrogens with one attached hydrogen (secondary N) is 1. The number of hydrogen-bond donors (Lipinski definition) is 3. The summed E-state index contributed by atoms with van der Waals surface area (Å²) in [5.74, 6) is -4.08. The summed E-state index contributed by atoms with van der Waals surface area (Å²) in [5, 5.41) is 24.0. The highest BCUT2D eigenvalue weighted by Gasteiger charge is 2.76. The van der Waals surface area contributed by atoms with Crippen LogP contribution in [0, 0.1) is 29.6 Å². The average Bonchev–Trinajstić information content (AvgIpc) is 3.80. The molecule has 7 atom stereocenters. The van der Waals surface area contributed by atoms with Gasteiger partial charge in [0.25, 0.3) is 0 Å². The number of hydrogen-bond acceptors (Lipinski definition) is 14. The van der Waals surface area contributed by atoms with Gasteiger partial charge in [-0.15, -0.1) is 0 Å². The van der Waals surface area contributed by atoms with E-state index in [1.54, 1.807) is 91.5 Å². The number of carboxylic acid groups (broad SMARTS) is 1. The minimum atomic E-state index is -2.37. The number of benzene rings is 4. The molecule has 3 aliphatic heterocycles. The number of carbonyl (C=O) groups excluding carboxylic acids is 6. The number of anilines is 1. The first kappa shape index (κ1) is 47.4. The summed E-state index contributed by atoms with van der Waals surface area (Å²) in [6, 6.07) is 22.3. The fourth-order valence-corrected chi connectivity index (χ4v) is 9.53. The van der Waals surface area contributed by atoms with Crippen LogP contribution >= 0.6 is 0 Å². The fourth-order valence-electron chi connectivity index (χ4n) is 9.53. The molecule has 3 amide bonds. The van der Waals surface area contributed by atoms with Gasteiger partial charge in [-0.05, 0) is 58.5 Å². The molecule has 7 rings (SSSR count). The van der Waals surface area contributed by atoms with Gasteiger partial charge in [-0.3, -0.25) is 28.9 Å². The second-order valence-corrected chi connectivity index (χ2v) is 16.4. The van der Waals surface area contributed by atoms with E-state index < -0.39 is 95.2 Å². The van der Waals surface area contributed by atoms with Crippen molar-refractivity contribution in [1.29, 1.82) is 0 Å². The zero-order valence-electron chi connectivity index (χ0n) is 37.2. The van der Waals surface area contributed by atoms with Crippen LogP contribution in [0.25, 0.3) is 0 Å². The number of esters is 4. The molecule has 17 nitrogen and oxygen atoms in total. The molecule has 0 saturated carbocycles. The van der Waals surface area contributed by atoms with E-state index in [0.717, 1.165) is 26.2 Å². The van der Waals surface area contributed by atoms with E-state index in [-0.39, 0.29) is 42.2 Å². The lowest BCUT2D eigenvalue weighted by Crippen LogP contribution is -2.56. The molecule has 0 bridgehead atoms. The highest BCUT2D eigenvalue weighted by atomic mass is 16.6. The van der Waals surface area contributed by atoms with Gasteiger partial charge < -0.3 is 39.2 Å². The SMILES string of the molecule is COC(=O)C(CC#Cc1ccc2c(c1)[C@]1(C(=O)N2C(=O)N[C@H](C(=O)OC)C(C)C)[C@H](c2cccc(OCCO)c2)N2[C@H](c3ccccc3)[C@H](c3ccccc3)OC(=O)[C@H]2[C@@H]1C(=O)O)C(=O)OC. The highest BCUT2D eigenvalue weighted by molar-refractivity contribution is 6.24. The van der Waals surface area contributed by atoms with E-state index in [2.05, 4.69) is 17.2 Å². The summed E-state index contributed by atoms with van der Waals surface area (Å²) in [6.45, 7) is 2.87.